The predicted molar refractivity (Wildman–Crippen MR) is 153 cm³/mol. The third-order valence-corrected chi connectivity index (χ3v) is 8.33. The number of amides is 1. The van der Waals surface area contributed by atoms with Crippen LogP contribution in [0.2, 0.25) is 0 Å². The van der Waals surface area contributed by atoms with Gasteiger partial charge in [0.15, 0.2) is 0 Å². The summed E-state index contributed by atoms with van der Waals surface area (Å²) in [6, 6.07) is 16.7. The van der Waals surface area contributed by atoms with Crippen LogP contribution >= 0.6 is 11.3 Å². The highest BCUT2D eigenvalue weighted by Crippen LogP contribution is 2.36. The van der Waals surface area contributed by atoms with Crippen molar-refractivity contribution in [2.24, 2.45) is 5.92 Å². The molecule has 38 heavy (non-hydrogen) atoms. The van der Waals surface area contributed by atoms with Crippen molar-refractivity contribution in [3.05, 3.63) is 72.5 Å². The number of carbonyl (C=O) groups excluding carboxylic acids is 1. The van der Waals surface area contributed by atoms with Crippen molar-refractivity contribution in [1.82, 2.24) is 25.1 Å². The number of pyridine rings is 2. The Morgan fingerprint density at radius 3 is 2.74 bits per heavy atom. The highest BCUT2D eigenvalue weighted by atomic mass is 32.1. The first-order valence-electron chi connectivity index (χ1n) is 13.0. The molecule has 5 aromatic heterocycles. The van der Waals surface area contributed by atoms with Crippen molar-refractivity contribution >= 4 is 44.7 Å². The number of aromatic nitrogens is 5. The van der Waals surface area contributed by atoms with Gasteiger partial charge in [-0.1, -0.05) is 37.5 Å². The molecule has 5 heterocycles. The quantitative estimate of drug-likeness (QED) is 0.221. The molecule has 0 aliphatic heterocycles. The van der Waals surface area contributed by atoms with Crippen LogP contribution in [0.1, 0.15) is 32.1 Å². The number of benzene rings is 1. The molecule has 1 saturated carbocycles. The van der Waals surface area contributed by atoms with Crippen LogP contribution in [0.25, 0.3) is 54.9 Å². The molecule has 0 saturated heterocycles. The van der Waals surface area contributed by atoms with E-state index in [2.05, 4.69) is 72.2 Å². The second kappa shape index (κ2) is 9.54. The van der Waals surface area contributed by atoms with Gasteiger partial charge in [0.25, 0.3) is 0 Å². The molecule has 1 aliphatic rings. The summed E-state index contributed by atoms with van der Waals surface area (Å²) in [6.07, 6.45) is 10.7. The van der Waals surface area contributed by atoms with E-state index >= 15 is 0 Å². The molecule has 1 amide bonds. The molecular weight excluding hydrogens is 492 g/mol. The van der Waals surface area contributed by atoms with Gasteiger partial charge >= 0.3 is 0 Å². The number of rotatable bonds is 5. The lowest BCUT2D eigenvalue weighted by atomic mass is 9.88. The lowest BCUT2D eigenvalue weighted by Gasteiger charge is -2.20. The van der Waals surface area contributed by atoms with E-state index in [4.69, 9.17) is 0 Å². The minimum atomic E-state index is 0.0879. The summed E-state index contributed by atoms with van der Waals surface area (Å²) in [6.45, 7) is 0. The first kappa shape index (κ1) is 22.9. The molecule has 0 atom stereocenters. The van der Waals surface area contributed by atoms with E-state index in [1.165, 1.54) is 22.2 Å². The van der Waals surface area contributed by atoms with E-state index in [1.54, 1.807) is 29.9 Å². The summed E-state index contributed by atoms with van der Waals surface area (Å²) in [5.41, 5.74) is 7.24. The van der Waals surface area contributed by atoms with Crippen molar-refractivity contribution < 1.29 is 4.79 Å². The van der Waals surface area contributed by atoms with Crippen molar-refractivity contribution in [2.75, 3.05) is 5.32 Å². The Balaban J connectivity index is 1.23. The number of hydrogen-bond donors (Lipinski definition) is 3. The fraction of sp³-hybridized carbons (Fsp3) is 0.200. The fourth-order valence-electron chi connectivity index (χ4n) is 5.47. The Kier molecular flexibility index (Phi) is 5.74. The Bertz CT molecular complexity index is 1760. The number of aromatic amines is 2. The van der Waals surface area contributed by atoms with Crippen LogP contribution in [-0.2, 0) is 4.79 Å². The molecular formula is C30H26N6OS. The first-order valence-corrected chi connectivity index (χ1v) is 13.9. The van der Waals surface area contributed by atoms with E-state index in [0.29, 0.717) is 5.69 Å². The average Bonchev–Trinajstić information content (AvgIpc) is 3.73. The first-order chi connectivity index (χ1) is 18.7. The zero-order chi connectivity index (χ0) is 25.5. The second-order valence-corrected chi connectivity index (χ2v) is 10.8. The molecule has 0 bridgehead atoms. The number of nitrogens with one attached hydrogen (secondary N) is 3. The normalized spacial score (nSPS) is 14.3. The molecule has 1 aromatic carbocycles. The summed E-state index contributed by atoms with van der Waals surface area (Å²) in [4.78, 5) is 26.6. The number of nitrogens with zero attached hydrogens (tertiary/aromatic N) is 3. The monoisotopic (exact) mass is 518 g/mol. The highest BCUT2D eigenvalue weighted by Gasteiger charge is 2.21. The minimum absolute atomic E-state index is 0.0879. The van der Waals surface area contributed by atoms with Gasteiger partial charge in [-0.25, -0.2) is 0 Å². The SMILES string of the molecule is O=C(Nc1cncc(-c2cc3c(-c4cc5c(-c6cccs6)cccc5[nH]4)n[nH]c3cn2)c1)C1CCCCC1. The molecule has 3 N–H and O–H groups in total. The maximum atomic E-state index is 12.8. The van der Waals surface area contributed by atoms with E-state index in [0.717, 1.165) is 64.7 Å². The van der Waals surface area contributed by atoms with E-state index < -0.39 is 0 Å². The number of carbonyl (C=O) groups is 1. The smallest absolute Gasteiger partial charge is 0.227 e. The van der Waals surface area contributed by atoms with Gasteiger partial charge in [-0.2, -0.15) is 5.10 Å². The number of hydrogen-bond acceptors (Lipinski definition) is 5. The number of fused-ring (bicyclic) bond motifs is 2. The maximum Gasteiger partial charge on any atom is 0.227 e. The largest absolute Gasteiger partial charge is 0.353 e. The Morgan fingerprint density at radius 1 is 0.947 bits per heavy atom. The molecule has 188 valence electrons. The molecule has 0 unspecified atom stereocenters. The van der Waals surface area contributed by atoms with Crippen LogP contribution < -0.4 is 5.32 Å². The average molecular weight is 519 g/mol. The molecule has 7 nitrogen and oxygen atoms in total. The van der Waals surface area contributed by atoms with E-state index in [-0.39, 0.29) is 11.8 Å². The topological polar surface area (TPSA) is 99.4 Å². The Morgan fingerprint density at radius 2 is 1.87 bits per heavy atom. The summed E-state index contributed by atoms with van der Waals surface area (Å²) >= 11 is 1.74. The zero-order valence-corrected chi connectivity index (χ0v) is 21.5. The van der Waals surface area contributed by atoms with Gasteiger partial charge in [-0.15, -0.1) is 11.3 Å². The van der Waals surface area contributed by atoms with Crippen molar-refractivity contribution in [2.45, 2.75) is 32.1 Å². The third-order valence-electron chi connectivity index (χ3n) is 7.43. The van der Waals surface area contributed by atoms with Gasteiger partial charge in [0, 0.05) is 44.4 Å². The molecule has 0 radical (unpaired) electrons. The third kappa shape index (κ3) is 4.16. The van der Waals surface area contributed by atoms with Gasteiger partial charge in [0.05, 0.1) is 35.0 Å². The molecule has 7 rings (SSSR count). The van der Waals surface area contributed by atoms with Crippen molar-refractivity contribution in [1.29, 1.82) is 0 Å². The number of anilines is 1. The summed E-state index contributed by atoms with van der Waals surface area (Å²) < 4.78 is 0. The molecule has 8 heteroatoms. The molecule has 6 aromatic rings. The lowest BCUT2D eigenvalue weighted by molar-refractivity contribution is -0.120. The Hall–Kier alpha value is -4.30. The standard InChI is InChI=1S/C30H26N6OS/c37-30(18-6-2-1-3-7-18)33-20-12-19(15-31-16-20)25-14-23-27(17-32-25)35-36-29(23)26-13-22-21(28-10-5-11-38-28)8-4-9-24(22)34-26/h4-5,8-18,34H,1-3,6-7H2,(H,33,37)(H,35,36). The maximum absolute atomic E-state index is 12.8. The summed E-state index contributed by atoms with van der Waals surface area (Å²) in [7, 11) is 0. The van der Waals surface area contributed by atoms with Crippen LogP contribution in [0.15, 0.2) is 72.5 Å². The summed E-state index contributed by atoms with van der Waals surface area (Å²) in [5.74, 6) is 0.178. The number of thiophene rings is 1. The van der Waals surface area contributed by atoms with E-state index in [1.807, 2.05) is 12.1 Å². The Labute approximate surface area is 223 Å². The van der Waals surface area contributed by atoms with Gasteiger partial charge in [-0.3, -0.25) is 19.9 Å². The zero-order valence-electron chi connectivity index (χ0n) is 20.7. The fourth-order valence-corrected chi connectivity index (χ4v) is 6.23. The van der Waals surface area contributed by atoms with Gasteiger partial charge < -0.3 is 10.3 Å². The highest BCUT2D eigenvalue weighted by molar-refractivity contribution is 7.13. The van der Waals surface area contributed by atoms with E-state index in [9.17, 15) is 4.79 Å². The van der Waals surface area contributed by atoms with Crippen LogP contribution in [0.4, 0.5) is 5.69 Å². The number of H-pyrrole nitrogens is 2. The van der Waals surface area contributed by atoms with Crippen LogP contribution in [0.3, 0.4) is 0 Å². The summed E-state index contributed by atoms with van der Waals surface area (Å²) in [5, 5.41) is 15.1. The lowest BCUT2D eigenvalue weighted by Crippen LogP contribution is -2.24. The van der Waals surface area contributed by atoms with Gasteiger partial charge in [0.1, 0.15) is 5.69 Å². The van der Waals surface area contributed by atoms with Crippen molar-refractivity contribution in [3.63, 3.8) is 0 Å². The van der Waals surface area contributed by atoms with Crippen LogP contribution in [0.5, 0.6) is 0 Å². The van der Waals surface area contributed by atoms with Gasteiger partial charge in [0.2, 0.25) is 5.91 Å². The van der Waals surface area contributed by atoms with Crippen molar-refractivity contribution in [3.8, 4) is 33.1 Å². The second-order valence-electron chi connectivity index (χ2n) is 9.90. The molecule has 1 fully saturated rings. The minimum Gasteiger partial charge on any atom is -0.353 e. The van der Waals surface area contributed by atoms with Crippen LogP contribution in [0, 0.1) is 5.92 Å². The molecule has 1 aliphatic carbocycles. The van der Waals surface area contributed by atoms with Crippen LogP contribution in [-0.4, -0.2) is 31.1 Å². The predicted octanol–water partition coefficient (Wildman–Crippen LogP) is 7.42. The molecule has 0 spiro atoms. The van der Waals surface area contributed by atoms with Gasteiger partial charge in [-0.05, 0) is 48.6 Å².